The number of aromatic nitrogens is 5. The first-order valence-corrected chi connectivity index (χ1v) is 6.95. The zero-order chi connectivity index (χ0) is 12.5. The molecule has 2 N–H and O–H groups in total. The smallest absolute Gasteiger partial charge is 0.197 e. The van der Waals surface area contributed by atoms with Crippen molar-refractivity contribution in [2.24, 2.45) is 7.05 Å². The second-order valence-electron chi connectivity index (χ2n) is 4.53. The molecule has 18 heavy (non-hydrogen) atoms. The van der Waals surface area contributed by atoms with E-state index in [1.165, 1.54) is 31.0 Å². The molecule has 0 fully saturated rings. The van der Waals surface area contributed by atoms with Crippen LogP contribution in [0.3, 0.4) is 0 Å². The quantitative estimate of drug-likeness (QED) is 0.889. The number of anilines is 1. The molecule has 0 spiro atoms. The van der Waals surface area contributed by atoms with E-state index in [-0.39, 0.29) is 0 Å². The van der Waals surface area contributed by atoms with Gasteiger partial charge in [-0.2, -0.15) is 5.10 Å². The maximum absolute atomic E-state index is 5.90. The number of hydrogen-bond acceptors (Lipinski definition) is 5. The first kappa shape index (κ1) is 11.6. The van der Waals surface area contributed by atoms with Gasteiger partial charge in [-0.15, -0.1) is 10.2 Å². The Bertz CT molecular complexity index is 558. The van der Waals surface area contributed by atoms with Crippen molar-refractivity contribution in [3.63, 3.8) is 0 Å². The average molecular weight is 264 g/mol. The van der Waals surface area contributed by atoms with Gasteiger partial charge in [-0.3, -0.25) is 4.68 Å². The highest BCUT2D eigenvalue weighted by Gasteiger charge is 2.17. The van der Waals surface area contributed by atoms with Crippen LogP contribution in [0.5, 0.6) is 0 Å². The predicted octanol–water partition coefficient (Wildman–Crippen LogP) is 1.47. The van der Waals surface area contributed by atoms with Gasteiger partial charge in [0, 0.05) is 26.2 Å². The van der Waals surface area contributed by atoms with Gasteiger partial charge in [0.05, 0.1) is 5.69 Å². The highest BCUT2D eigenvalue weighted by Crippen LogP contribution is 2.30. The molecule has 3 heterocycles. The van der Waals surface area contributed by atoms with E-state index in [9.17, 15) is 0 Å². The Morgan fingerprint density at radius 3 is 2.94 bits per heavy atom. The Balaban J connectivity index is 1.89. The zero-order valence-electron chi connectivity index (χ0n) is 10.3. The lowest BCUT2D eigenvalue weighted by atomic mass is 10.2. The third kappa shape index (κ3) is 2.10. The zero-order valence-corrected chi connectivity index (χ0v) is 11.2. The molecule has 0 aromatic carbocycles. The van der Waals surface area contributed by atoms with E-state index >= 15 is 0 Å². The van der Waals surface area contributed by atoms with Crippen LogP contribution in [-0.2, 0) is 20.0 Å². The summed E-state index contributed by atoms with van der Waals surface area (Å²) >= 11 is 1.50. The summed E-state index contributed by atoms with van der Waals surface area (Å²) in [6.07, 6.45) is 6.48. The average Bonchev–Trinajstić information content (AvgIpc) is 2.75. The van der Waals surface area contributed by atoms with Crippen molar-refractivity contribution in [2.75, 3.05) is 5.73 Å². The molecule has 0 atom stereocenters. The molecule has 0 amide bonds. The van der Waals surface area contributed by atoms with Gasteiger partial charge in [0.1, 0.15) is 10.9 Å². The molecule has 3 rings (SSSR count). The van der Waals surface area contributed by atoms with Crippen LogP contribution in [0.1, 0.15) is 25.1 Å². The van der Waals surface area contributed by atoms with Gasteiger partial charge in [0.15, 0.2) is 5.16 Å². The Labute approximate surface area is 110 Å². The number of fused-ring (bicyclic) bond motifs is 1. The number of hydrogen-bond donors (Lipinski definition) is 1. The third-order valence-electron chi connectivity index (χ3n) is 3.08. The summed E-state index contributed by atoms with van der Waals surface area (Å²) in [5.41, 5.74) is 6.59. The van der Waals surface area contributed by atoms with Crippen LogP contribution in [0.25, 0.3) is 0 Å². The van der Waals surface area contributed by atoms with Crippen LogP contribution in [0, 0.1) is 0 Å². The van der Waals surface area contributed by atoms with E-state index in [0.29, 0.717) is 5.69 Å². The normalized spacial score (nSPS) is 15.4. The molecule has 96 valence electrons. The number of nitrogens with two attached hydrogens (primary N) is 1. The van der Waals surface area contributed by atoms with Crippen molar-refractivity contribution in [2.45, 2.75) is 42.4 Å². The first-order chi connectivity index (χ1) is 8.74. The largest absolute Gasteiger partial charge is 0.395 e. The van der Waals surface area contributed by atoms with Crippen LogP contribution < -0.4 is 5.73 Å². The van der Waals surface area contributed by atoms with Crippen molar-refractivity contribution >= 4 is 17.4 Å². The minimum atomic E-state index is 0.688. The van der Waals surface area contributed by atoms with Gasteiger partial charge in [-0.1, -0.05) is 6.42 Å². The molecule has 0 aliphatic carbocycles. The van der Waals surface area contributed by atoms with Crippen molar-refractivity contribution in [1.29, 1.82) is 0 Å². The molecule has 6 nitrogen and oxygen atoms in total. The van der Waals surface area contributed by atoms with Crippen molar-refractivity contribution in [1.82, 2.24) is 24.5 Å². The standard InChI is InChI=1S/C11H16N6S/c1-16-7-8(12)10(15-16)18-11-14-13-9-5-3-2-4-6-17(9)11/h7H,2-6,12H2,1H3. The molecule has 1 aliphatic rings. The Morgan fingerprint density at radius 1 is 1.28 bits per heavy atom. The fourth-order valence-corrected chi connectivity index (χ4v) is 3.09. The molecule has 0 unspecified atom stereocenters. The van der Waals surface area contributed by atoms with Crippen LogP contribution in [0.15, 0.2) is 16.4 Å². The Morgan fingerprint density at radius 2 is 2.17 bits per heavy atom. The first-order valence-electron chi connectivity index (χ1n) is 6.13. The summed E-state index contributed by atoms with van der Waals surface area (Å²) < 4.78 is 3.92. The van der Waals surface area contributed by atoms with Crippen LogP contribution in [-0.4, -0.2) is 24.5 Å². The molecule has 2 aromatic heterocycles. The Hall–Kier alpha value is -1.50. The van der Waals surface area contributed by atoms with E-state index in [2.05, 4.69) is 19.9 Å². The highest BCUT2D eigenvalue weighted by molar-refractivity contribution is 7.99. The highest BCUT2D eigenvalue weighted by atomic mass is 32.2. The summed E-state index contributed by atoms with van der Waals surface area (Å²) in [5.74, 6) is 1.09. The monoisotopic (exact) mass is 264 g/mol. The molecule has 0 saturated carbocycles. The number of nitrogens with zero attached hydrogens (tertiary/aromatic N) is 5. The lowest BCUT2D eigenvalue weighted by molar-refractivity contribution is 0.590. The van der Waals surface area contributed by atoms with Crippen molar-refractivity contribution < 1.29 is 0 Å². The van der Waals surface area contributed by atoms with E-state index < -0.39 is 0 Å². The summed E-state index contributed by atoms with van der Waals surface area (Å²) in [4.78, 5) is 0. The van der Waals surface area contributed by atoms with Gasteiger partial charge in [-0.05, 0) is 24.6 Å². The molecule has 7 heteroatoms. The predicted molar refractivity (Wildman–Crippen MR) is 69.3 cm³/mol. The SMILES string of the molecule is Cn1cc(N)c(Sc2nnc3n2CCCCC3)n1. The molecular weight excluding hydrogens is 248 g/mol. The fourth-order valence-electron chi connectivity index (χ4n) is 2.19. The minimum absolute atomic E-state index is 0.688. The number of rotatable bonds is 2. The lowest BCUT2D eigenvalue weighted by Crippen LogP contribution is -2.02. The van der Waals surface area contributed by atoms with Crippen molar-refractivity contribution in [3.8, 4) is 0 Å². The van der Waals surface area contributed by atoms with Crippen LogP contribution in [0.2, 0.25) is 0 Å². The summed E-state index contributed by atoms with van der Waals surface area (Å²) in [5, 5.41) is 14.6. The molecule has 1 aliphatic heterocycles. The molecule has 0 bridgehead atoms. The second-order valence-corrected chi connectivity index (χ2v) is 5.48. The summed E-state index contributed by atoms with van der Waals surface area (Å²) in [6, 6.07) is 0. The second kappa shape index (κ2) is 4.64. The summed E-state index contributed by atoms with van der Waals surface area (Å²) in [6.45, 7) is 0.997. The third-order valence-corrected chi connectivity index (χ3v) is 4.08. The topological polar surface area (TPSA) is 74.6 Å². The summed E-state index contributed by atoms with van der Waals surface area (Å²) in [7, 11) is 1.87. The van der Waals surface area contributed by atoms with Gasteiger partial charge in [-0.25, -0.2) is 0 Å². The van der Waals surface area contributed by atoms with E-state index in [1.54, 1.807) is 4.68 Å². The number of nitrogen functional groups attached to an aromatic ring is 1. The Kier molecular flexibility index (Phi) is 2.99. The van der Waals surface area contributed by atoms with Crippen LogP contribution in [0.4, 0.5) is 5.69 Å². The van der Waals surface area contributed by atoms with E-state index in [4.69, 9.17) is 5.73 Å². The van der Waals surface area contributed by atoms with Gasteiger partial charge >= 0.3 is 0 Å². The lowest BCUT2D eigenvalue weighted by Gasteiger charge is -2.04. The number of aryl methyl sites for hydroxylation is 2. The molecule has 2 aromatic rings. The van der Waals surface area contributed by atoms with Crippen molar-refractivity contribution in [3.05, 3.63) is 12.0 Å². The van der Waals surface area contributed by atoms with Gasteiger partial charge in [0.25, 0.3) is 0 Å². The van der Waals surface area contributed by atoms with E-state index in [1.807, 2.05) is 13.2 Å². The maximum atomic E-state index is 5.90. The van der Waals surface area contributed by atoms with Gasteiger partial charge in [0.2, 0.25) is 0 Å². The van der Waals surface area contributed by atoms with Gasteiger partial charge < -0.3 is 10.3 Å². The fraction of sp³-hybridized carbons (Fsp3) is 0.545. The molecular formula is C11H16N6S. The molecule has 0 saturated heterocycles. The maximum Gasteiger partial charge on any atom is 0.197 e. The van der Waals surface area contributed by atoms with Crippen LogP contribution >= 0.6 is 11.8 Å². The molecule has 0 radical (unpaired) electrons. The minimum Gasteiger partial charge on any atom is -0.395 e. The van der Waals surface area contributed by atoms with E-state index in [0.717, 1.165) is 29.0 Å².